The molecule has 0 aliphatic rings. The minimum absolute atomic E-state index is 0.814. The van der Waals surface area contributed by atoms with E-state index in [0.29, 0.717) is 0 Å². The Kier molecular flexibility index (Phi) is 14.5. The zero-order valence-electron chi connectivity index (χ0n) is 22.8. The smallest absolute Gasteiger partial charge is 0.147 e. The molecule has 0 aliphatic carbocycles. The fourth-order valence-corrected chi connectivity index (χ4v) is 9.16. The largest absolute Gasteiger partial charge is 0.348 e. The van der Waals surface area contributed by atoms with E-state index in [9.17, 15) is 0 Å². The number of benzene rings is 4. The standard InChI is InChI=1S/C33H34N2S6/c36-32(34(24-28-14-5-1-6-15-28)25-29-16-7-2-8-17-29)40-38-22-13-23-39-41-33(37)35(26-30-18-9-3-10-19-30)27-31-20-11-4-12-21-31/h1-12,14-21H,13,22-27H2. The van der Waals surface area contributed by atoms with Gasteiger partial charge in [-0.2, -0.15) is 0 Å². The summed E-state index contributed by atoms with van der Waals surface area (Å²) in [5.41, 5.74) is 5.09. The lowest BCUT2D eigenvalue weighted by molar-refractivity contribution is 0.421. The van der Waals surface area contributed by atoms with E-state index in [1.54, 1.807) is 21.6 Å². The molecular weight excluding hydrogens is 617 g/mol. The Morgan fingerprint density at radius 1 is 0.439 bits per heavy atom. The average molecular weight is 651 g/mol. The van der Waals surface area contributed by atoms with Gasteiger partial charge in [0.1, 0.15) is 8.64 Å². The van der Waals surface area contributed by atoms with Gasteiger partial charge in [-0.1, -0.05) is 167 Å². The summed E-state index contributed by atoms with van der Waals surface area (Å²) in [5.74, 6) is 2.10. The van der Waals surface area contributed by atoms with Gasteiger partial charge in [-0.25, -0.2) is 0 Å². The quantitative estimate of drug-likeness (QED) is 0.0746. The van der Waals surface area contributed by atoms with Crippen LogP contribution < -0.4 is 0 Å². The van der Waals surface area contributed by atoms with Crippen LogP contribution >= 0.6 is 67.6 Å². The Bertz CT molecular complexity index is 1120. The monoisotopic (exact) mass is 650 g/mol. The van der Waals surface area contributed by atoms with E-state index in [1.165, 1.54) is 22.3 Å². The van der Waals surface area contributed by atoms with Crippen molar-refractivity contribution in [1.29, 1.82) is 0 Å². The van der Waals surface area contributed by atoms with Gasteiger partial charge in [0, 0.05) is 37.7 Å². The van der Waals surface area contributed by atoms with Crippen LogP contribution in [0.3, 0.4) is 0 Å². The van der Waals surface area contributed by atoms with Crippen LogP contribution in [0.25, 0.3) is 0 Å². The van der Waals surface area contributed by atoms with Crippen LogP contribution in [0.15, 0.2) is 121 Å². The molecule has 8 heteroatoms. The molecule has 41 heavy (non-hydrogen) atoms. The van der Waals surface area contributed by atoms with E-state index in [4.69, 9.17) is 24.4 Å². The summed E-state index contributed by atoms with van der Waals surface area (Å²) in [6, 6.07) is 42.3. The Hall–Kier alpha value is -1.94. The SMILES string of the molecule is S=C(SSCCCSSC(=S)N(Cc1ccccc1)Cc1ccccc1)N(Cc1ccccc1)Cc1ccccc1. The molecule has 0 spiro atoms. The lowest BCUT2D eigenvalue weighted by Gasteiger charge is -2.25. The van der Waals surface area contributed by atoms with Gasteiger partial charge >= 0.3 is 0 Å². The predicted octanol–water partition coefficient (Wildman–Crippen LogP) is 10.1. The fourth-order valence-electron chi connectivity index (χ4n) is 4.05. The molecule has 0 aliphatic heterocycles. The van der Waals surface area contributed by atoms with Gasteiger partial charge in [0.15, 0.2) is 0 Å². The fraction of sp³-hybridized carbons (Fsp3) is 0.212. The first-order chi connectivity index (χ1) is 20.2. The van der Waals surface area contributed by atoms with E-state index >= 15 is 0 Å². The highest BCUT2D eigenvalue weighted by Gasteiger charge is 2.14. The van der Waals surface area contributed by atoms with Crippen molar-refractivity contribution in [2.24, 2.45) is 0 Å². The molecule has 0 N–H and O–H groups in total. The topological polar surface area (TPSA) is 6.48 Å². The van der Waals surface area contributed by atoms with Gasteiger partial charge in [-0.15, -0.1) is 0 Å². The number of rotatable bonds is 14. The maximum atomic E-state index is 5.88. The molecule has 4 rings (SSSR count). The first-order valence-electron chi connectivity index (χ1n) is 13.5. The van der Waals surface area contributed by atoms with Gasteiger partial charge in [0.05, 0.1) is 0 Å². The Morgan fingerprint density at radius 2 is 0.707 bits per heavy atom. The predicted molar refractivity (Wildman–Crippen MR) is 194 cm³/mol. The minimum atomic E-state index is 0.814. The molecule has 0 aromatic heterocycles. The highest BCUT2D eigenvalue weighted by atomic mass is 33.1. The number of hydrogen-bond donors (Lipinski definition) is 0. The zero-order valence-corrected chi connectivity index (χ0v) is 27.7. The van der Waals surface area contributed by atoms with Crippen molar-refractivity contribution in [2.75, 3.05) is 11.5 Å². The summed E-state index contributed by atoms with van der Waals surface area (Å²) in [7, 11) is 7.13. The normalized spacial score (nSPS) is 10.7. The second kappa shape index (κ2) is 18.6. The van der Waals surface area contributed by atoms with Gasteiger partial charge in [-0.3, -0.25) is 0 Å². The summed E-state index contributed by atoms with van der Waals surface area (Å²) in [5, 5.41) is 0. The first kappa shape index (κ1) is 32.0. The van der Waals surface area contributed by atoms with Crippen LogP contribution in [0.1, 0.15) is 28.7 Å². The van der Waals surface area contributed by atoms with Crippen LogP contribution in [0, 0.1) is 0 Å². The van der Waals surface area contributed by atoms with Crippen molar-refractivity contribution in [1.82, 2.24) is 9.80 Å². The van der Waals surface area contributed by atoms with Crippen molar-refractivity contribution in [3.63, 3.8) is 0 Å². The molecule has 0 amide bonds. The van der Waals surface area contributed by atoms with E-state index in [2.05, 4.69) is 131 Å². The summed E-state index contributed by atoms with van der Waals surface area (Å²) >= 11 is 11.8. The number of hydrogen-bond acceptors (Lipinski definition) is 6. The molecule has 0 atom stereocenters. The first-order valence-corrected chi connectivity index (χ1v) is 19.0. The van der Waals surface area contributed by atoms with Crippen molar-refractivity contribution in [2.45, 2.75) is 32.6 Å². The molecule has 4 aromatic carbocycles. The van der Waals surface area contributed by atoms with Gasteiger partial charge in [-0.05, 0) is 50.3 Å². The Labute approximate surface area is 271 Å². The average Bonchev–Trinajstić information content (AvgIpc) is 3.02. The highest BCUT2D eigenvalue weighted by molar-refractivity contribution is 8.84. The van der Waals surface area contributed by atoms with Crippen LogP contribution in [-0.2, 0) is 26.2 Å². The molecule has 0 fully saturated rings. The van der Waals surface area contributed by atoms with Gasteiger partial charge < -0.3 is 9.80 Å². The second-order valence-corrected chi connectivity index (χ2v) is 15.4. The van der Waals surface area contributed by atoms with Crippen LogP contribution in [0.4, 0.5) is 0 Å². The van der Waals surface area contributed by atoms with Crippen LogP contribution in [0.5, 0.6) is 0 Å². The highest BCUT2D eigenvalue weighted by Crippen LogP contribution is 2.31. The summed E-state index contributed by atoms with van der Waals surface area (Å²) in [4.78, 5) is 4.60. The lowest BCUT2D eigenvalue weighted by atomic mass is 10.2. The second-order valence-electron chi connectivity index (χ2n) is 9.35. The Balaban J connectivity index is 1.19. The Morgan fingerprint density at radius 3 is 0.976 bits per heavy atom. The van der Waals surface area contributed by atoms with E-state index in [-0.39, 0.29) is 0 Å². The molecule has 0 heterocycles. The molecule has 212 valence electrons. The molecule has 0 radical (unpaired) electrons. The minimum Gasteiger partial charge on any atom is -0.348 e. The van der Waals surface area contributed by atoms with Crippen molar-refractivity contribution in [3.8, 4) is 0 Å². The third-order valence-corrected chi connectivity index (χ3v) is 12.3. The molecule has 0 saturated heterocycles. The van der Waals surface area contributed by atoms with E-state index in [0.717, 1.165) is 52.7 Å². The molecule has 4 aromatic rings. The molecule has 0 saturated carbocycles. The third kappa shape index (κ3) is 12.1. The molecule has 2 nitrogen and oxygen atoms in total. The third-order valence-electron chi connectivity index (χ3n) is 6.10. The lowest BCUT2D eigenvalue weighted by Crippen LogP contribution is -2.26. The maximum absolute atomic E-state index is 5.88. The van der Waals surface area contributed by atoms with E-state index < -0.39 is 0 Å². The van der Waals surface area contributed by atoms with E-state index in [1.807, 2.05) is 21.6 Å². The van der Waals surface area contributed by atoms with Crippen molar-refractivity contribution < 1.29 is 0 Å². The number of nitrogens with zero attached hydrogens (tertiary/aromatic N) is 2. The summed E-state index contributed by atoms with van der Waals surface area (Å²) < 4.78 is 1.87. The zero-order chi connectivity index (χ0) is 28.5. The summed E-state index contributed by atoms with van der Waals surface area (Å²) in [6.07, 6.45) is 1.11. The van der Waals surface area contributed by atoms with Crippen LogP contribution in [0.2, 0.25) is 0 Å². The van der Waals surface area contributed by atoms with Crippen molar-refractivity contribution >= 4 is 76.3 Å². The van der Waals surface area contributed by atoms with Gasteiger partial charge in [0.2, 0.25) is 0 Å². The van der Waals surface area contributed by atoms with Crippen LogP contribution in [-0.4, -0.2) is 29.9 Å². The van der Waals surface area contributed by atoms with Crippen molar-refractivity contribution in [3.05, 3.63) is 144 Å². The summed E-state index contributed by atoms with van der Waals surface area (Å²) in [6.45, 7) is 3.26. The maximum Gasteiger partial charge on any atom is 0.147 e. The van der Waals surface area contributed by atoms with Gasteiger partial charge in [0.25, 0.3) is 0 Å². The molecule has 0 unspecified atom stereocenters. The number of thiocarbonyl (C=S) groups is 2. The molecule has 0 bridgehead atoms. The molecular formula is C33H34N2S6.